The van der Waals surface area contributed by atoms with Crippen molar-refractivity contribution >= 4 is 0 Å². The third-order valence-electron chi connectivity index (χ3n) is 18.6. The predicted molar refractivity (Wildman–Crippen MR) is 249 cm³/mol. The monoisotopic (exact) mass is 808 g/mol. The number of rotatable bonds is 6. The molecule has 8 saturated carbocycles. The number of hydrogen-bond donors (Lipinski definition) is 2. The van der Waals surface area contributed by atoms with Gasteiger partial charge < -0.3 is 10.2 Å². The SMILES string of the molecule is Cc1cc(-c2ccc(C(C)(C)C)cc2-c2cccc(-c3cc(C(C)(C)C)ccc3-c3cc(C)cc(C45CC6CC7CC(C4)C75C6)c3O)n2)c(O)c(C23CC4CC(C2)C(C4)C3)c1. The van der Waals surface area contributed by atoms with Crippen molar-refractivity contribution in [3.8, 4) is 56.3 Å². The molecule has 3 heteroatoms. The topological polar surface area (TPSA) is 53.4 Å². The Labute approximate surface area is 364 Å². The van der Waals surface area contributed by atoms with Gasteiger partial charge in [-0.2, -0.15) is 0 Å². The third-order valence-corrected chi connectivity index (χ3v) is 18.6. The highest BCUT2D eigenvalue weighted by atomic mass is 16.3. The average molecular weight is 808 g/mol. The summed E-state index contributed by atoms with van der Waals surface area (Å²) in [7, 11) is 0. The Hall–Kier alpha value is -4.37. The second-order valence-corrected chi connectivity index (χ2v) is 24.1. The predicted octanol–water partition coefficient (Wildman–Crippen LogP) is 14.5. The summed E-state index contributed by atoms with van der Waals surface area (Å²) in [5.74, 6) is 5.94. The molecule has 1 heterocycles. The Bertz CT molecular complexity index is 2670. The lowest BCUT2D eigenvalue weighted by molar-refractivity contribution is -0.199. The fourth-order valence-corrected chi connectivity index (χ4v) is 16.2. The van der Waals surface area contributed by atoms with E-state index < -0.39 is 0 Å². The number of pyridine rings is 1. The molecule has 8 fully saturated rings. The van der Waals surface area contributed by atoms with Crippen molar-refractivity contribution in [3.63, 3.8) is 0 Å². The Morgan fingerprint density at radius 3 is 1.59 bits per heavy atom. The Balaban J connectivity index is 1.01. The minimum absolute atomic E-state index is 0.0711. The second-order valence-electron chi connectivity index (χ2n) is 24.1. The summed E-state index contributed by atoms with van der Waals surface area (Å²) in [6.07, 6.45) is 13.1. The van der Waals surface area contributed by atoms with Crippen molar-refractivity contribution in [1.82, 2.24) is 4.98 Å². The maximum atomic E-state index is 12.6. The van der Waals surface area contributed by atoms with Crippen LogP contribution in [-0.2, 0) is 21.7 Å². The van der Waals surface area contributed by atoms with E-state index in [-0.39, 0.29) is 21.7 Å². The fraction of sp³-hybridized carbons (Fsp3) is 0.500. The highest BCUT2D eigenvalue weighted by molar-refractivity contribution is 5.90. The van der Waals surface area contributed by atoms with Gasteiger partial charge in [-0.05, 0) is 205 Å². The average Bonchev–Trinajstić information content (AvgIpc) is 3.88. The van der Waals surface area contributed by atoms with Crippen molar-refractivity contribution in [2.24, 2.45) is 40.9 Å². The second kappa shape index (κ2) is 12.4. The molecule has 4 aromatic carbocycles. The fourth-order valence-electron chi connectivity index (χ4n) is 16.2. The third kappa shape index (κ3) is 5.25. The number of benzene rings is 4. The van der Waals surface area contributed by atoms with E-state index in [2.05, 4.69) is 134 Å². The van der Waals surface area contributed by atoms with Crippen LogP contribution in [0, 0.1) is 54.8 Å². The van der Waals surface area contributed by atoms with Gasteiger partial charge in [0.15, 0.2) is 0 Å². The molecule has 8 aliphatic carbocycles. The molecule has 6 bridgehead atoms. The van der Waals surface area contributed by atoms with Crippen LogP contribution < -0.4 is 0 Å². The zero-order chi connectivity index (χ0) is 42.2. The van der Waals surface area contributed by atoms with Gasteiger partial charge in [-0.15, -0.1) is 0 Å². The van der Waals surface area contributed by atoms with Crippen LogP contribution in [0.15, 0.2) is 78.9 Å². The first-order chi connectivity index (χ1) is 29.0. The molecular weight excluding hydrogens is 743 g/mol. The number of aryl methyl sites for hydroxylation is 2. The molecule has 5 aromatic rings. The van der Waals surface area contributed by atoms with Gasteiger partial charge in [-0.25, -0.2) is 4.98 Å². The molecule has 0 saturated heterocycles. The molecule has 1 aromatic heterocycles. The summed E-state index contributed by atoms with van der Waals surface area (Å²) in [5, 5.41) is 25.2. The number of fused-ring (bicyclic) bond motifs is 1. The molecule has 314 valence electrons. The minimum atomic E-state index is -0.0713. The van der Waals surface area contributed by atoms with Crippen molar-refractivity contribution < 1.29 is 10.2 Å². The van der Waals surface area contributed by atoms with Gasteiger partial charge in [-0.1, -0.05) is 84.0 Å². The maximum Gasteiger partial charge on any atom is 0.127 e. The van der Waals surface area contributed by atoms with Crippen molar-refractivity contribution in [2.45, 2.75) is 141 Å². The molecule has 13 rings (SSSR count). The molecule has 61 heavy (non-hydrogen) atoms. The highest BCUT2D eigenvalue weighted by Gasteiger charge is 2.81. The van der Waals surface area contributed by atoms with Crippen LogP contribution >= 0.6 is 0 Å². The molecule has 7 atom stereocenters. The van der Waals surface area contributed by atoms with Gasteiger partial charge >= 0.3 is 0 Å². The van der Waals surface area contributed by atoms with E-state index in [1.807, 2.05) is 0 Å². The molecule has 8 aliphatic rings. The van der Waals surface area contributed by atoms with E-state index in [0.717, 1.165) is 80.3 Å². The first-order valence-electron chi connectivity index (χ1n) is 23.9. The Morgan fingerprint density at radius 2 is 1.07 bits per heavy atom. The summed E-state index contributed by atoms with van der Waals surface area (Å²) >= 11 is 0. The summed E-state index contributed by atoms with van der Waals surface area (Å²) in [5.41, 5.74) is 15.7. The summed E-state index contributed by atoms with van der Waals surface area (Å²) in [6.45, 7) is 18.1. The van der Waals surface area contributed by atoms with Gasteiger partial charge in [0.05, 0.1) is 11.4 Å². The zero-order valence-corrected chi connectivity index (χ0v) is 37.9. The molecule has 0 amide bonds. The lowest BCUT2D eigenvalue weighted by atomic mass is 9.30. The van der Waals surface area contributed by atoms with Crippen LogP contribution in [0.3, 0.4) is 0 Å². The largest absolute Gasteiger partial charge is 0.507 e. The van der Waals surface area contributed by atoms with E-state index in [9.17, 15) is 10.2 Å². The Kier molecular flexibility index (Phi) is 7.80. The maximum absolute atomic E-state index is 12.6. The van der Waals surface area contributed by atoms with Gasteiger partial charge in [-0.3, -0.25) is 0 Å². The first kappa shape index (κ1) is 38.3. The molecule has 0 radical (unpaired) electrons. The molecular formula is C58H65NO2. The molecule has 0 aliphatic heterocycles. The first-order valence-corrected chi connectivity index (χ1v) is 23.9. The smallest absolute Gasteiger partial charge is 0.127 e. The highest BCUT2D eigenvalue weighted by Crippen LogP contribution is 2.87. The van der Waals surface area contributed by atoms with Crippen LogP contribution in [0.1, 0.15) is 139 Å². The van der Waals surface area contributed by atoms with E-state index in [1.165, 1.54) is 97.6 Å². The van der Waals surface area contributed by atoms with Crippen LogP contribution in [0.4, 0.5) is 0 Å². The molecule has 1 spiro atoms. The Morgan fingerprint density at radius 1 is 0.508 bits per heavy atom. The van der Waals surface area contributed by atoms with Crippen LogP contribution in [0.2, 0.25) is 0 Å². The number of hydrogen-bond acceptors (Lipinski definition) is 3. The van der Waals surface area contributed by atoms with E-state index in [0.29, 0.717) is 16.9 Å². The normalized spacial score (nSPS) is 32.6. The summed E-state index contributed by atoms with van der Waals surface area (Å²) in [6, 6.07) is 29.3. The lowest BCUT2D eigenvalue weighted by Gasteiger charge is -2.73. The molecule has 7 unspecified atom stereocenters. The summed E-state index contributed by atoms with van der Waals surface area (Å²) < 4.78 is 0. The van der Waals surface area contributed by atoms with Crippen molar-refractivity contribution in [1.29, 1.82) is 0 Å². The van der Waals surface area contributed by atoms with Gasteiger partial charge in [0.2, 0.25) is 0 Å². The standard InChI is InChI=1S/C58H65NO2/c1-32-16-46(52(60)48(18-32)56-26-34-20-36(29-56)37(21-34)30-56)42-14-12-38(54(3,4)5)24-44(42)50-10-9-11-51(59-50)45-25-39(55(6,7)8)13-15-43(45)47-17-33(2)19-49(53(47)61)57-27-35-22-40-23-41(31-57)58(40,57)28-35/h9-19,24-25,34-37,40-41,60-61H,20-23,26-31H2,1-8H3. The van der Waals surface area contributed by atoms with E-state index in [4.69, 9.17) is 4.98 Å². The van der Waals surface area contributed by atoms with Gasteiger partial charge in [0.25, 0.3) is 0 Å². The molecule has 2 N–H and O–H groups in total. The summed E-state index contributed by atoms with van der Waals surface area (Å²) in [4.78, 5) is 5.62. The number of aromatic nitrogens is 1. The van der Waals surface area contributed by atoms with Crippen LogP contribution in [0.25, 0.3) is 44.8 Å². The van der Waals surface area contributed by atoms with Crippen molar-refractivity contribution in [3.05, 3.63) is 112 Å². The van der Waals surface area contributed by atoms with Gasteiger partial charge in [0, 0.05) is 38.8 Å². The van der Waals surface area contributed by atoms with E-state index in [1.54, 1.807) is 0 Å². The van der Waals surface area contributed by atoms with Crippen LogP contribution in [-0.4, -0.2) is 15.2 Å². The number of phenols is 2. The van der Waals surface area contributed by atoms with Crippen molar-refractivity contribution in [2.75, 3.05) is 0 Å². The number of aromatic hydroxyl groups is 2. The number of nitrogens with zero attached hydrogens (tertiary/aromatic N) is 1. The zero-order valence-electron chi connectivity index (χ0n) is 37.9. The molecule has 3 nitrogen and oxygen atoms in total. The van der Waals surface area contributed by atoms with E-state index >= 15 is 0 Å². The quantitative estimate of drug-likeness (QED) is 0.180. The number of phenolic OH excluding ortho intramolecular Hbond substituents is 2. The van der Waals surface area contributed by atoms with Crippen LogP contribution in [0.5, 0.6) is 11.5 Å². The van der Waals surface area contributed by atoms with Gasteiger partial charge in [0.1, 0.15) is 11.5 Å². The lowest BCUT2D eigenvalue weighted by Crippen LogP contribution is -2.68. The minimum Gasteiger partial charge on any atom is -0.507 e.